The van der Waals surface area contributed by atoms with Crippen molar-refractivity contribution in [3.8, 4) is 0 Å². The highest BCUT2D eigenvalue weighted by Crippen LogP contribution is 2.22. The lowest BCUT2D eigenvalue weighted by Crippen LogP contribution is -2.34. The second-order valence-corrected chi connectivity index (χ2v) is 7.74. The van der Waals surface area contributed by atoms with E-state index < -0.39 is 0 Å². The normalized spacial score (nSPS) is 11.5. The van der Waals surface area contributed by atoms with Crippen molar-refractivity contribution >= 4 is 16.7 Å². The number of nitrogens with zero attached hydrogens (tertiary/aromatic N) is 2. The van der Waals surface area contributed by atoms with Crippen LogP contribution >= 0.6 is 0 Å². The molecule has 0 atom stereocenters. The molecule has 2 aromatic carbocycles. The first kappa shape index (κ1) is 18.8. The first-order valence-electron chi connectivity index (χ1n) is 9.15. The fourth-order valence-electron chi connectivity index (χ4n) is 2.95. The molecule has 0 unspecified atom stereocenters. The minimum atomic E-state index is -0.249. The average molecular weight is 363 g/mol. The molecule has 0 saturated carbocycles. The molecule has 0 aliphatic heterocycles. The van der Waals surface area contributed by atoms with E-state index in [-0.39, 0.29) is 23.4 Å². The van der Waals surface area contributed by atoms with Gasteiger partial charge in [0.1, 0.15) is 6.54 Å². The molecule has 0 radical (unpaired) electrons. The summed E-state index contributed by atoms with van der Waals surface area (Å²) >= 11 is 0. The number of hydrogen-bond acceptors (Lipinski definition) is 3. The van der Waals surface area contributed by atoms with Crippen LogP contribution in [0.3, 0.4) is 0 Å². The maximum Gasteiger partial charge on any atom is 0.275 e. The highest BCUT2D eigenvalue weighted by atomic mass is 16.2. The van der Waals surface area contributed by atoms with Crippen molar-refractivity contribution in [1.82, 2.24) is 15.1 Å². The van der Waals surface area contributed by atoms with E-state index in [4.69, 9.17) is 0 Å². The van der Waals surface area contributed by atoms with E-state index in [1.54, 1.807) is 18.3 Å². The molecule has 3 rings (SSSR count). The maximum atomic E-state index is 12.4. The summed E-state index contributed by atoms with van der Waals surface area (Å²) in [7, 11) is 0. The molecule has 140 valence electrons. The SMILES string of the molecule is CC(C)(C)c1ccc(CCNC(=O)Cn2ncc3ccccc3c2=O)cc1. The highest BCUT2D eigenvalue weighted by Gasteiger charge is 2.13. The van der Waals surface area contributed by atoms with Gasteiger partial charge in [-0.2, -0.15) is 5.10 Å². The van der Waals surface area contributed by atoms with E-state index >= 15 is 0 Å². The van der Waals surface area contributed by atoms with Crippen LogP contribution in [0.2, 0.25) is 0 Å². The average Bonchev–Trinajstić information content (AvgIpc) is 2.64. The number of amides is 1. The number of nitrogens with one attached hydrogen (secondary N) is 1. The summed E-state index contributed by atoms with van der Waals surface area (Å²) in [6.45, 7) is 7.00. The molecule has 1 amide bonds. The third-order valence-electron chi connectivity index (χ3n) is 4.61. The minimum Gasteiger partial charge on any atom is -0.354 e. The molecule has 0 fully saturated rings. The Balaban J connectivity index is 1.56. The van der Waals surface area contributed by atoms with Crippen molar-refractivity contribution < 1.29 is 4.79 Å². The van der Waals surface area contributed by atoms with Crippen LogP contribution < -0.4 is 10.9 Å². The van der Waals surface area contributed by atoms with Gasteiger partial charge in [-0.25, -0.2) is 4.68 Å². The molecule has 0 bridgehead atoms. The molecule has 0 spiro atoms. The predicted octanol–water partition coefficient (Wildman–Crippen LogP) is 3.05. The summed E-state index contributed by atoms with van der Waals surface area (Å²) in [5.41, 5.74) is 2.34. The van der Waals surface area contributed by atoms with Gasteiger partial charge in [0.2, 0.25) is 5.91 Å². The van der Waals surface area contributed by atoms with Gasteiger partial charge >= 0.3 is 0 Å². The Bertz CT molecular complexity index is 998. The molecule has 27 heavy (non-hydrogen) atoms. The Morgan fingerprint density at radius 3 is 2.48 bits per heavy atom. The Morgan fingerprint density at radius 1 is 1.07 bits per heavy atom. The number of fused-ring (bicyclic) bond motifs is 1. The zero-order valence-corrected chi connectivity index (χ0v) is 16.0. The predicted molar refractivity (Wildman–Crippen MR) is 108 cm³/mol. The van der Waals surface area contributed by atoms with Gasteiger partial charge in [-0.05, 0) is 29.0 Å². The fourth-order valence-corrected chi connectivity index (χ4v) is 2.95. The standard InChI is InChI=1S/C22H25N3O2/c1-22(2,3)18-10-8-16(9-11-18)12-13-23-20(26)15-25-21(27)19-7-5-4-6-17(19)14-24-25/h4-11,14H,12-13,15H2,1-3H3,(H,23,26). The van der Waals surface area contributed by atoms with E-state index in [1.165, 1.54) is 15.8 Å². The van der Waals surface area contributed by atoms with E-state index in [1.807, 2.05) is 12.1 Å². The van der Waals surface area contributed by atoms with Crippen molar-refractivity contribution in [3.05, 3.63) is 76.2 Å². The van der Waals surface area contributed by atoms with Crippen molar-refractivity contribution in [2.24, 2.45) is 0 Å². The van der Waals surface area contributed by atoms with Crippen LogP contribution in [0.15, 0.2) is 59.5 Å². The molecule has 0 saturated heterocycles. The number of rotatable bonds is 5. The van der Waals surface area contributed by atoms with Crippen LogP contribution in [-0.4, -0.2) is 22.2 Å². The topological polar surface area (TPSA) is 64.0 Å². The summed E-state index contributed by atoms with van der Waals surface area (Å²) in [4.78, 5) is 24.6. The van der Waals surface area contributed by atoms with Crippen LogP contribution in [0.5, 0.6) is 0 Å². The number of carbonyl (C=O) groups excluding carboxylic acids is 1. The number of carbonyl (C=O) groups is 1. The molecule has 5 heteroatoms. The van der Waals surface area contributed by atoms with Gasteiger partial charge in [0.05, 0.1) is 11.6 Å². The third-order valence-corrected chi connectivity index (χ3v) is 4.61. The highest BCUT2D eigenvalue weighted by molar-refractivity contribution is 5.81. The van der Waals surface area contributed by atoms with Gasteiger partial charge in [-0.15, -0.1) is 0 Å². The molecule has 1 aromatic heterocycles. The molecule has 5 nitrogen and oxygen atoms in total. The number of hydrogen-bond donors (Lipinski definition) is 1. The second-order valence-electron chi connectivity index (χ2n) is 7.74. The molecular weight excluding hydrogens is 338 g/mol. The van der Waals surface area contributed by atoms with Crippen LogP contribution in [0.1, 0.15) is 31.9 Å². The van der Waals surface area contributed by atoms with Crippen molar-refractivity contribution in [2.75, 3.05) is 6.54 Å². The lowest BCUT2D eigenvalue weighted by Gasteiger charge is -2.19. The number of benzene rings is 2. The zero-order valence-electron chi connectivity index (χ0n) is 16.0. The lowest BCUT2D eigenvalue weighted by atomic mass is 9.86. The van der Waals surface area contributed by atoms with Gasteiger partial charge in [0, 0.05) is 11.9 Å². The van der Waals surface area contributed by atoms with E-state index in [0.29, 0.717) is 11.9 Å². The van der Waals surface area contributed by atoms with Gasteiger partial charge in [0.25, 0.3) is 5.56 Å². The molecule has 1 heterocycles. The monoisotopic (exact) mass is 363 g/mol. The van der Waals surface area contributed by atoms with Crippen molar-refractivity contribution in [3.63, 3.8) is 0 Å². The Hall–Kier alpha value is -2.95. The van der Waals surface area contributed by atoms with Crippen LogP contribution in [0.4, 0.5) is 0 Å². The van der Waals surface area contributed by atoms with Crippen molar-refractivity contribution in [1.29, 1.82) is 0 Å². The lowest BCUT2D eigenvalue weighted by molar-refractivity contribution is -0.121. The summed E-state index contributed by atoms with van der Waals surface area (Å²) in [5.74, 6) is -0.216. The fraction of sp³-hybridized carbons (Fsp3) is 0.318. The maximum absolute atomic E-state index is 12.4. The Morgan fingerprint density at radius 2 is 1.78 bits per heavy atom. The molecule has 3 aromatic rings. The molecule has 0 aliphatic carbocycles. The number of aromatic nitrogens is 2. The molecule has 0 aliphatic rings. The minimum absolute atomic E-state index is 0.0768. The van der Waals surface area contributed by atoms with Crippen LogP contribution in [-0.2, 0) is 23.2 Å². The van der Waals surface area contributed by atoms with Gasteiger partial charge in [0.15, 0.2) is 0 Å². The summed E-state index contributed by atoms with van der Waals surface area (Å²) in [5, 5.41) is 8.29. The first-order valence-corrected chi connectivity index (χ1v) is 9.15. The van der Waals surface area contributed by atoms with E-state index in [9.17, 15) is 9.59 Å². The summed E-state index contributed by atoms with van der Waals surface area (Å²) < 4.78 is 1.20. The zero-order chi connectivity index (χ0) is 19.4. The third kappa shape index (κ3) is 4.61. The molecule has 1 N–H and O–H groups in total. The van der Waals surface area contributed by atoms with Gasteiger partial charge < -0.3 is 5.32 Å². The summed E-state index contributed by atoms with van der Waals surface area (Å²) in [6.07, 6.45) is 2.36. The summed E-state index contributed by atoms with van der Waals surface area (Å²) in [6, 6.07) is 15.7. The Labute approximate surface area is 159 Å². The van der Waals surface area contributed by atoms with Crippen LogP contribution in [0.25, 0.3) is 10.8 Å². The smallest absolute Gasteiger partial charge is 0.275 e. The quantitative estimate of drug-likeness (QED) is 0.758. The van der Waals surface area contributed by atoms with E-state index in [2.05, 4.69) is 55.5 Å². The largest absolute Gasteiger partial charge is 0.354 e. The van der Waals surface area contributed by atoms with Crippen molar-refractivity contribution in [2.45, 2.75) is 39.2 Å². The van der Waals surface area contributed by atoms with Gasteiger partial charge in [-0.3, -0.25) is 9.59 Å². The van der Waals surface area contributed by atoms with Gasteiger partial charge in [-0.1, -0.05) is 63.2 Å². The second kappa shape index (κ2) is 7.74. The first-order chi connectivity index (χ1) is 12.8. The molecular formula is C22H25N3O2. The van der Waals surface area contributed by atoms with Crippen LogP contribution in [0, 0.1) is 0 Å². The van der Waals surface area contributed by atoms with E-state index in [0.717, 1.165) is 11.8 Å². The Kier molecular flexibility index (Phi) is 5.40.